The molecule has 0 unspecified atom stereocenters. The van der Waals surface area contributed by atoms with Crippen molar-refractivity contribution in [1.29, 1.82) is 0 Å². The fourth-order valence-corrected chi connectivity index (χ4v) is 5.77. The standard InChI is InChI=1S/C28H30Cl2FN5O2/c29-22-6-7-23(31)25(30)21(22)10-15-38-27-26(32)33-17-24(34-27)18-4-3-5-19(16-18)28(37)36-13-8-20(9-14-36)35-11-1-2-12-35/h3-7,16-17,20H,1-2,8-15H2,(H2,32,33). The van der Waals surface area contributed by atoms with Gasteiger partial charge in [-0.1, -0.05) is 35.3 Å². The van der Waals surface area contributed by atoms with Crippen LogP contribution in [0.5, 0.6) is 5.88 Å². The Bertz CT molecular complexity index is 1310. The van der Waals surface area contributed by atoms with Crippen LogP contribution in [-0.2, 0) is 6.42 Å². The number of nitrogen functional groups attached to an aromatic ring is 1. The first kappa shape index (κ1) is 26.7. The first-order valence-electron chi connectivity index (χ1n) is 12.9. The summed E-state index contributed by atoms with van der Waals surface area (Å²) in [6, 6.07) is 10.6. The molecule has 5 rings (SSSR count). The predicted molar refractivity (Wildman–Crippen MR) is 147 cm³/mol. The van der Waals surface area contributed by atoms with Crippen LogP contribution in [0.3, 0.4) is 0 Å². The summed E-state index contributed by atoms with van der Waals surface area (Å²) in [5.41, 5.74) is 8.31. The number of hydrogen-bond acceptors (Lipinski definition) is 6. The van der Waals surface area contributed by atoms with Gasteiger partial charge in [0.25, 0.3) is 11.8 Å². The Morgan fingerprint density at radius 1 is 1.11 bits per heavy atom. The van der Waals surface area contributed by atoms with Crippen LogP contribution >= 0.6 is 23.2 Å². The zero-order chi connectivity index (χ0) is 26.6. The maximum absolute atomic E-state index is 13.8. The summed E-state index contributed by atoms with van der Waals surface area (Å²) >= 11 is 12.2. The Hall–Kier alpha value is -2.94. The van der Waals surface area contributed by atoms with Crippen molar-refractivity contribution in [3.8, 4) is 17.1 Å². The first-order chi connectivity index (χ1) is 18.4. The summed E-state index contributed by atoms with van der Waals surface area (Å²) in [6.45, 7) is 4.02. The number of nitrogens with two attached hydrogens (primary N) is 1. The fraction of sp³-hybridized carbons (Fsp3) is 0.393. The van der Waals surface area contributed by atoms with E-state index < -0.39 is 5.82 Å². The van der Waals surface area contributed by atoms with Gasteiger partial charge < -0.3 is 20.3 Å². The zero-order valence-corrected chi connectivity index (χ0v) is 22.5. The van der Waals surface area contributed by atoms with E-state index in [1.165, 1.54) is 38.1 Å². The lowest BCUT2D eigenvalue weighted by molar-refractivity contribution is 0.0644. The van der Waals surface area contributed by atoms with E-state index in [1.807, 2.05) is 29.2 Å². The Morgan fingerprint density at radius 2 is 1.87 bits per heavy atom. The Labute approximate surface area is 231 Å². The van der Waals surface area contributed by atoms with Gasteiger partial charge in [0.15, 0.2) is 5.82 Å². The number of benzene rings is 2. The van der Waals surface area contributed by atoms with Gasteiger partial charge in [0, 0.05) is 41.7 Å². The molecule has 2 fully saturated rings. The van der Waals surface area contributed by atoms with Crippen LogP contribution in [0.1, 0.15) is 41.6 Å². The average molecular weight is 558 g/mol. The van der Waals surface area contributed by atoms with Gasteiger partial charge in [-0.05, 0) is 68.6 Å². The quantitative estimate of drug-likeness (QED) is 0.386. The molecule has 2 aliphatic heterocycles. The van der Waals surface area contributed by atoms with E-state index in [-0.39, 0.29) is 35.7 Å². The molecule has 1 aromatic heterocycles. The molecule has 3 aromatic rings. The van der Waals surface area contributed by atoms with E-state index in [2.05, 4.69) is 14.9 Å². The number of carbonyl (C=O) groups excluding carboxylic acids is 1. The molecule has 0 aliphatic carbocycles. The van der Waals surface area contributed by atoms with Gasteiger partial charge in [-0.2, -0.15) is 0 Å². The van der Waals surface area contributed by atoms with Gasteiger partial charge in [-0.15, -0.1) is 0 Å². The number of rotatable bonds is 7. The third-order valence-electron chi connectivity index (χ3n) is 7.31. The van der Waals surface area contributed by atoms with Gasteiger partial charge in [0.05, 0.1) is 23.5 Å². The monoisotopic (exact) mass is 557 g/mol. The maximum atomic E-state index is 13.8. The van der Waals surface area contributed by atoms with Gasteiger partial charge >= 0.3 is 0 Å². The zero-order valence-electron chi connectivity index (χ0n) is 21.0. The minimum atomic E-state index is -0.544. The van der Waals surface area contributed by atoms with Crippen molar-refractivity contribution >= 4 is 34.9 Å². The second-order valence-electron chi connectivity index (χ2n) is 9.71. The molecule has 2 aliphatic rings. The van der Waals surface area contributed by atoms with E-state index in [0.29, 0.717) is 27.9 Å². The lowest BCUT2D eigenvalue weighted by Crippen LogP contribution is -2.45. The average Bonchev–Trinajstić information content (AvgIpc) is 3.49. The number of nitrogens with zero attached hydrogens (tertiary/aromatic N) is 4. The van der Waals surface area contributed by atoms with Crippen LogP contribution in [0, 0.1) is 5.82 Å². The molecule has 38 heavy (non-hydrogen) atoms. The highest BCUT2D eigenvalue weighted by Gasteiger charge is 2.28. The van der Waals surface area contributed by atoms with Gasteiger partial charge in [-0.3, -0.25) is 4.79 Å². The third kappa shape index (κ3) is 5.87. The number of amides is 1. The SMILES string of the molecule is Nc1ncc(-c2cccc(C(=O)N3CCC(N4CCCC4)CC3)c2)nc1OCCc1c(Cl)ccc(F)c1Cl. The molecule has 3 heterocycles. The summed E-state index contributed by atoms with van der Waals surface area (Å²) < 4.78 is 19.6. The Kier molecular flexibility index (Phi) is 8.31. The lowest BCUT2D eigenvalue weighted by Gasteiger charge is -2.36. The molecule has 1 amide bonds. The van der Waals surface area contributed by atoms with E-state index >= 15 is 0 Å². The van der Waals surface area contributed by atoms with Crippen LogP contribution < -0.4 is 10.5 Å². The summed E-state index contributed by atoms with van der Waals surface area (Å²) in [5, 5.41) is 0.324. The predicted octanol–water partition coefficient (Wildman–Crippen LogP) is 5.49. The van der Waals surface area contributed by atoms with E-state index in [4.69, 9.17) is 33.7 Å². The van der Waals surface area contributed by atoms with Crippen molar-refractivity contribution < 1.29 is 13.9 Å². The van der Waals surface area contributed by atoms with Crippen molar-refractivity contribution in [2.75, 3.05) is 38.5 Å². The minimum absolute atomic E-state index is 0.0236. The van der Waals surface area contributed by atoms with E-state index in [0.717, 1.165) is 31.5 Å². The number of ether oxygens (including phenoxy) is 1. The minimum Gasteiger partial charge on any atom is -0.475 e. The molecular formula is C28H30Cl2FN5O2. The summed E-state index contributed by atoms with van der Waals surface area (Å²) in [7, 11) is 0. The van der Waals surface area contributed by atoms with E-state index in [9.17, 15) is 9.18 Å². The molecule has 10 heteroatoms. The molecule has 2 N–H and O–H groups in total. The number of halogens is 3. The Balaban J connectivity index is 1.24. The second-order valence-corrected chi connectivity index (χ2v) is 10.5. The topological polar surface area (TPSA) is 84.6 Å². The van der Waals surface area contributed by atoms with Crippen LogP contribution in [0.25, 0.3) is 11.3 Å². The summed E-state index contributed by atoms with van der Waals surface area (Å²) in [5.74, 6) is -0.252. The van der Waals surface area contributed by atoms with Crippen molar-refractivity contribution in [2.45, 2.75) is 38.1 Å². The number of anilines is 1. The molecule has 200 valence electrons. The number of carbonyl (C=O) groups is 1. The van der Waals surface area contributed by atoms with Crippen LogP contribution in [0.15, 0.2) is 42.6 Å². The maximum Gasteiger partial charge on any atom is 0.257 e. The fourth-order valence-electron chi connectivity index (χ4n) is 5.21. The summed E-state index contributed by atoms with van der Waals surface area (Å²) in [4.78, 5) is 26.5. The molecular weight excluding hydrogens is 528 g/mol. The molecule has 0 atom stereocenters. The molecule has 7 nitrogen and oxygen atoms in total. The molecule has 2 saturated heterocycles. The summed E-state index contributed by atoms with van der Waals surface area (Å²) in [6.07, 6.45) is 6.40. The van der Waals surface area contributed by atoms with E-state index in [1.54, 1.807) is 6.20 Å². The highest BCUT2D eigenvalue weighted by Crippen LogP contribution is 2.29. The van der Waals surface area contributed by atoms with Gasteiger partial charge in [0.2, 0.25) is 0 Å². The van der Waals surface area contributed by atoms with Crippen molar-refractivity contribution in [2.24, 2.45) is 0 Å². The number of piperidine rings is 1. The normalized spacial score (nSPS) is 16.7. The van der Waals surface area contributed by atoms with Crippen LogP contribution in [0.4, 0.5) is 10.2 Å². The molecule has 0 radical (unpaired) electrons. The van der Waals surface area contributed by atoms with Crippen molar-refractivity contribution in [3.63, 3.8) is 0 Å². The molecule has 0 spiro atoms. The highest BCUT2D eigenvalue weighted by molar-refractivity contribution is 6.36. The highest BCUT2D eigenvalue weighted by atomic mass is 35.5. The third-order valence-corrected chi connectivity index (χ3v) is 8.07. The number of hydrogen-bond donors (Lipinski definition) is 1. The second kappa shape index (κ2) is 11.8. The number of aromatic nitrogens is 2. The first-order valence-corrected chi connectivity index (χ1v) is 13.7. The van der Waals surface area contributed by atoms with Crippen LogP contribution in [-0.4, -0.2) is 64.5 Å². The molecule has 0 bridgehead atoms. The molecule has 2 aromatic carbocycles. The largest absolute Gasteiger partial charge is 0.475 e. The van der Waals surface area contributed by atoms with Crippen LogP contribution in [0.2, 0.25) is 10.0 Å². The van der Waals surface area contributed by atoms with Crippen molar-refractivity contribution in [3.05, 3.63) is 69.6 Å². The molecule has 0 saturated carbocycles. The van der Waals surface area contributed by atoms with Crippen molar-refractivity contribution in [1.82, 2.24) is 19.8 Å². The Morgan fingerprint density at radius 3 is 2.63 bits per heavy atom. The van der Waals surface area contributed by atoms with Gasteiger partial charge in [0.1, 0.15) is 5.82 Å². The lowest BCUT2D eigenvalue weighted by atomic mass is 10.0. The smallest absolute Gasteiger partial charge is 0.257 e. The van der Waals surface area contributed by atoms with Gasteiger partial charge in [-0.25, -0.2) is 14.4 Å². The number of likely N-dealkylation sites (tertiary alicyclic amines) is 2.